The zero-order valence-electron chi connectivity index (χ0n) is 44.9. The van der Waals surface area contributed by atoms with Crippen LogP contribution in [0.3, 0.4) is 0 Å². The molecule has 0 bridgehead atoms. The maximum Gasteiger partial charge on any atom is 0.261 e. The third-order valence-electron chi connectivity index (χ3n) is 14.7. The lowest BCUT2D eigenvalue weighted by atomic mass is 9.85. The molecule has 4 fully saturated rings. The number of hydrogen-bond donors (Lipinski definition) is 2. The fourth-order valence-corrected chi connectivity index (χ4v) is 12.9. The molecule has 0 amide bonds. The Balaban J connectivity index is 0.000000205. The number of hydrogen-bond acceptors (Lipinski definition) is 13. The first-order valence-corrected chi connectivity index (χ1v) is 30.1. The average molecular weight is 1110 g/mol. The number of methoxy groups -OCH3 is 4. The van der Waals surface area contributed by atoms with Crippen LogP contribution in [0.1, 0.15) is 128 Å². The van der Waals surface area contributed by atoms with E-state index in [9.17, 15) is 25.6 Å². The van der Waals surface area contributed by atoms with Crippen molar-refractivity contribution in [3.05, 3.63) is 95.6 Å². The van der Waals surface area contributed by atoms with Crippen LogP contribution in [0.25, 0.3) is 0 Å². The Morgan fingerprint density at radius 2 is 0.907 bits per heavy atom. The molecule has 4 aromatic rings. The lowest BCUT2D eigenvalue weighted by molar-refractivity contribution is 0.115. The molecule has 75 heavy (non-hydrogen) atoms. The van der Waals surface area contributed by atoms with Gasteiger partial charge in [-0.05, 0) is 190 Å². The Labute approximate surface area is 449 Å². The van der Waals surface area contributed by atoms with Gasteiger partial charge in [-0.25, -0.2) is 30.3 Å². The van der Waals surface area contributed by atoms with Gasteiger partial charge in [0.05, 0.1) is 50.4 Å². The van der Waals surface area contributed by atoms with E-state index in [1.54, 1.807) is 18.2 Å². The second-order valence-corrected chi connectivity index (χ2v) is 24.8. The summed E-state index contributed by atoms with van der Waals surface area (Å²) in [6.45, 7) is 12.1. The first-order chi connectivity index (χ1) is 35.7. The second kappa shape index (κ2) is 27.8. The predicted octanol–water partition coefficient (Wildman–Crippen LogP) is 10.8. The Kier molecular flexibility index (Phi) is 22.1. The summed E-state index contributed by atoms with van der Waals surface area (Å²) in [6, 6.07) is 20.2. The van der Waals surface area contributed by atoms with E-state index in [2.05, 4.69) is 14.5 Å². The first-order valence-electron chi connectivity index (χ1n) is 26.3. The van der Waals surface area contributed by atoms with Crippen LogP contribution >= 0.6 is 10.7 Å². The zero-order valence-corrected chi connectivity index (χ0v) is 47.3. The van der Waals surface area contributed by atoms with Crippen molar-refractivity contribution >= 4 is 29.8 Å². The highest BCUT2D eigenvalue weighted by Crippen LogP contribution is 2.39. The third-order valence-corrected chi connectivity index (χ3v) is 17.6. The summed E-state index contributed by atoms with van der Waals surface area (Å²) in [6.07, 6.45) is 12.7. The van der Waals surface area contributed by atoms with E-state index in [-0.39, 0.29) is 39.7 Å². The number of nitrogens with one attached hydrogen (secondary N) is 1. The Morgan fingerprint density at radius 3 is 1.29 bits per heavy atom. The van der Waals surface area contributed by atoms with Crippen LogP contribution in [0.2, 0.25) is 0 Å². The third kappa shape index (κ3) is 17.0. The van der Waals surface area contributed by atoms with Gasteiger partial charge >= 0.3 is 0 Å². The van der Waals surface area contributed by atoms with E-state index < -0.39 is 19.1 Å². The van der Waals surface area contributed by atoms with Crippen LogP contribution < -0.4 is 38.9 Å². The van der Waals surface area contributed by atoms with Crippen molar-refractivity contribution in [3.8, 4) is 34.5 Å². The predicted molar refractivity (Wildman–Crippen MR) is 290 cm³/mol. The molecule has 3 N–H and O–H groups in total. The molecule has 2 saturated carbocycles. The van der Waals surface area contributed by atoms with Crippen LogP contribution in [-0.4, -0.2) is 118 Å². The zero-order chi connectivity index (χ0) is 54.5. The van der Waals surface area contributed by atoms with Gasteiger partial charge in [0.15, 0.2) is 23.0 Å². The number of halogens is 3. The van der Waals surface area contributed by atoms with Crippen molar-refractivity contribution in [1.29, 1.82) is 0 Å². The monoisotopic (exact) mass is 1100 g/mol. The maximum atomic E-state index is 13.8. The van der Waals surface area contributed by atoms with Gasteiger partial charge < -0.3 is 44.0 Å². The lowest BCUT2D eigenvalue weighted by Gasteiger charge is -2.41. The molecular weight excluding hydrogens is 1030 g/mol. The van der Waals surface area contributed by atoms with Gasteiger partial charge in [-0.2, -0.15) is 0 Å². The van der Waals surface area contributed by atoms with Gasteiger partial charge in [-0.15, -0.1) is 0 Å². The molecule has 0 unspecified atom stereocenters. The normalized spacial score (nSPS) is 21.3. The first kappa shape index (κ1) is 59.8. The van der Waals surface area contributed by atoms with Gasteiger partial charge in [0.1, 0.15) is 23.1 Å². The summed E-state index contributed by atoms with van der Waals surface area (Å²) in [5.74, 6) is 3.40. The van der Waals surface area contributed by atoms with Crippen molar-refractivity contribution in [1.82, 2.24) is 14.5 Å². The molecular formula is C56H79ClF2N4O10S2. The van der Waals surface area contributed by atoms with Crippen LogP contribution in [0, 0.1) is 11.6 Å². The molecule has 8 rings (SSSR count). The molecule has 0 spiro atoms. The molecule has 4 aromatic carbocycles. The smallest absolute Gasteiger partial charge is 0.261 e. The van der Waals surface area contributed by atoms with E-state index in [1.165, 1.54) is 89.3 Å². The summed E-state index contributed by atoms with van der Waals surface area (Å²) in [4.78, 5) is 5.35. The molecule has 0 atom stereocenters. The minimum absolute atomic E-state index is 0.00000339. The summed E-state index contributed by atoms with van der Waals surface area (Å²) in [5, 5.41) is 0. The van der Waals surface area contributed by atoms with Crippen molar-refractivity contribution in [2.24, 2.45) is 5.73 Å². The van der Waals surface area contributed by atoms with E-state index in [1.807, 2.05) is 39.8 Å². The average Bonchev–Trinajstić information content (AvgIpc) is 3.38. The molecule has 0 radical (unpaired) electrons. The lowest BCUT2D eigenvalue weighted by Crippen LogP contribution is -2.46. The number of nitrogens with two attached hydrogens (primary N) is 1. The minimum atomic E-state index is -3.72. The fourth-order valence-electron chi connectivity index (χ4n) is 10.8. The van der Waals surface area contributed by atoms with Gasteiger partial charge in [-0.1, -0.05) is 12.1 Å². The Morgan fingerprint density at radius 1 is 0.520 bits per heavy atom. The molecule has 4 aliphatic rings. The highest BCUT2D eigenvalue weighted by Gasteiger charge is 2.33. The number of sulfonamides is 1. The molecule has 2 aliphatic carbocycles. The number of ether oxygens (including phenoxy) is 6. The topological polar surface area (TPSA) is 168 Å². The van der Waals surface area contributed by atoms with Crippen molar-refractivity contribution < 1.29 is 54.0 Å². The van der Waals surface area contributed by atoms with Crippen molar-refractivity contribution in [2.45, 2.75) is 163 Å². The molecule has 2 saturated heterocycles. The number of piperidine rings is 2. The summed E-state index contributed by atoms with van der Waals surface area (Å²) in [7, 11) is 3.68. The number of nitrogens with zero attached hydrogens (tertiary/aromatic N) is 2. The van der Waals surface area contributed by atoms with Gasteiger partial charge in [-0.3, -0.25) is 0 Å². The van der Waals surface area contributed by atoms with Gasteiger partial charge in [0.25, 0.3) is 9.05 Å². The number of benzene rings is 4. The second-order valence-electron chi connectivity index (χ2n) is 20.5. The van der Waals surface area contributed by atoms with Gasteiger partial charge in [0, 0.05) is 59.1 Å². The van der Waals surface area contributed by atoms with E-state index in [0.29, 0.717) is 58.7 Å². The van der Waals surface area contributed by atoms with E-state index >= 15 is 0 Å². The molecule has 0 aromatic heterocycles. The summed E-state index contributed by atoms with van der Waals surface area (Å²) < 4.78 is 110. The highest BCUT2D eigenvalue weighted by molar-refractivity contribution is 8.13. The molecule has 2 heterocycles. The molecule has 19 heteroatoms. The molecule has 2 aliphatic heterocycles. The largest absolute Gasteiger partial charge is 0.493 e. The minimum Gasteiger partial charge on any atom is -0.493 e. The SMILES string of the molecule is CC(C)Oc1cc(F)ccc1C1CCN(C2CCC(N)CC2)CC1.COc1ccc(S(=O)(=O)Cl)cc1OC.COc1ccc(S(=O)(=O)NC2CCC(N3CCC(c4ccc(F)cc4OC(C)C)CC3)CC2)cc1OC. The standard InChI is InChI=1S/C28H39FN2O5S.C20H31FN2O.C8H9ClO4S/c1-19(2)36-27-17-21(29)5-11-25(27)20-13-15-31(16-14-20)23-8-6-22(7-9-23)30-37(32,33)24-10-12-26(34-3)28(18-24)35-4;1-14(2)24-20-13-16(21)3-8-19(20)15-9-11-23(12-10-15)18-6-4-17(22)5-7-18;1-12-7-4-3-6(14(9,10)11)5-8(7)13-2/h5,10-12,17-20,22-23,30H,6-9,13-16H2,1-4H3;3,8,13-15,17-18H,4-7,9-12,22H2,1-2H3;3-5H,1-2H3. The van der Waals surface area contributed by atoms with Gasteiger partial charge in [0.2, 0.25) is 10.0 Å². The number of likely N-dealkylation sites (tertiary alicyclic amines) is 2. The number of rotatable bonds is 16. The highest BCUT2D eigenvalue weighted by atomic mass is 35.7. The van der Waals surface area contributed by atoms with E-state index in [4.69, 9.17) is 44.8 Å². The molecule has 416 valence electrons. The molecule has 14 nitrogen and oxygen atoms in total. The Bertz CT molecular complexity index is 2670. The quantitative estimate of drug-likeness (QED) is 0.102. The Hall–Kier alpha value is -4.43. The fraction of sp³-hybridized carbons (Fsp3) is 0.571. The summed E-state index contributed by atoms with van der Waals surface area (Å²) in [5.41, 5.74) is 8.31. The van der Waals surface area contributed by atoms with E-state index in [0.717, 1.165) is 102 Å². The van der Waals surface area contributed by atoms with Crippen molar-refractivity contribution in [2.75, 3.05) is 54.6 Å². The van der Waals surface area contributed by atoms with Crippen LogP contribution in [0.15, 0.2) is 82.6 Å². The van der Waals surface area contributed by atoms with Crippen molar-refractivity contribution in [3.63, 3.8) is 0 Å². The van der Waals surface area contributed by atoms with Crippen LogP contribution in [-0.2, 0) is 19.1 Å². The van der Waals surface area contributed by atoms with Crippen LogP contribution in [0.5, 0.6) is 34.5 Å². The maximum absolute atomic E-state index is 13.8. The van der Waals surface area contributed by atoms with Crippen LogP contribution in [0.4, 0.5) is 8.78 Å². The summed E-state index contributed by atoms with van der Waals surface area (Å²) >= 11 is 0.